The highest BCUT2D eigenvalue weighted by Gasteiger charge is 2.12. The molecule has 0 amide bonds. The average Bonchev–Trinajstić information content (AvgIpc) is 2.79. The molecule has 0 radical (unpaired) electrons. The Morgan fingerprint density at radius 3 is 2.83 bits per heavy atom. The third-order valence-electron chi connectivity index (χ3n) is 2.92. The minimum absolute atomic E-state index is 0.769. The third-order valence-corrected chi connectivity index (χ3v) is 3.95. The Bertz CT molecular complexity index is 698. The van der Waals surface area contributed by atoms with Crippen molar-refractivity contribution >= 4 is 27.1 Å². The number of rotatable bonds is 2. The number of nitrogens with two attached hydrogens (primary N) is 1. The number of fused-ring (bicyclic) bond motifs is 1. The zero-order valence-electron chi connectivity index (χ0n) is 10.1. The highest BCUT2D eigenvalue weighted by Crippen LogP contribution is 2.34. The monoisotopic (exact) mass is 255 g/mol. The number of benzene rings is 1. The Hall–Kier alpha value is -1.94. The molecule has 0 aliphatic rings. The zero-order chi connectivity index (χ0) is 12.5. The molecule has 0 unspecified atom stereocenters. The standard InChI is InChI=1S/C14H13N3S/c1-2-12-17-13(14(15)18-12)11-8-16-7-9-5-3-4-6-10(9)11/h3-8H,2,15H2,1H3. The molecule has 3 rings (SSSR count). The van der Waals surface area contributed by atoms with Crippen molar-refractivity contribution in [1.82, 2.24) is 9.97 Å². The van der Waals surface area contributed by atoms with E-state index in [1.54, 1.807) is 11.3 Å². The Morgan fingerprint density at radius 2 is 2.06 bits per heavy atom. The number of aryl methyl sites for hydroxylation is 1. The smallest absolute Gasteiger partial charge is 0.114 e. The van der Waals surface area contributed by atoms with Gasteiger partial charge in [0, 0.05) is 23.3 Å². The maximum atomic E-state index is 6.07. The lowest BCUT2D eigenvalue weighted by Crippen LogP contribution is -1.89. The molecule has 0 bridgehead atoms. The summed E-state index contributed by atoms with van der Waals surface area (Å²) >= 11 is 1.56. The number of nitrogen functional groups attached to an aromatic ring is 1. The molecule has 1 aromatic carbocycles. The van der Waals surface area contributed by atoms with Gasteiger partial charge in [0.1, 0.15) is 10.7 Å². The summed E-state index contributed by atoms with van der Waals surface area (Å²) in [4.78, 5) is 8.88. The van der Waals surface area contributed by atoms with Crippen LogP contribution in [0.15, 0.2) is 36.7 Å². The first kappa shape index (κ1) is 11.2. The quantitative estimate of drug-likeness (QED) is 0.762. The zero-order valence-corrected chi connectivity index (χ0v) is 10.9. The van der Waals surface area contributed by atoms with Gasteiger partial charge in [0.05, 0.1) is 5.01 Å². The molecule has 0 aliphatic carbocycles. The van der Waals surface area contributed by atoms with E-state index in [9.17, 15) is 0 Å². The fourth-order valence-electron chi connectivity index (χ4n) is 2.03. The van der Waals surface area contributed by atoms with Crippen molar-refractivity contribution in [2.24, 2.45) is 0 Å². The molecule has 0 saturated carbocycles. The lowest BCUT2D eigenvalue weighted by atomic mass is 10.1. The average molecular weight is 255 g/mol. The molecular weight excluding hydrogens is 242 g/mol. The van der Waals surface area contributed by atoms with Gasteiger partial charge in [-0.05, 0) is 11.8 Å². The van der Waals surface area contributed by atoms with E-state index in [-0.39, 0.29) is 0 Å². The third kappa shape index (κ3) is 1.75. The molecule has 2 N–H and O–H groups in total. The Labute approximate surface area is 109 Å². The van der Waals surface area contributed by atoms with Crippen molar-refractivity contribution in [3.8, 4) is 11.3 Å². The Morgan fingerprint density at radius 1 is 1.22 bits per heavy atom. The number of hydrogen-bond acceptors (Lipinski definition) is 4. The van der Waals surface area contributed by atoms with Gasteiger partial charge in [0.25, 0.3) is 0 Å². The van der Waals surface area contributed by atoms with Crippen LogP contribution in [0.3, 0.4) is 0 Å². The van der Waals surface area contributed by atoms with Crippen LogP contribution in [-0.4, -0.2) is 9.97 Å². The van der Waals surface area contributed by atoms with E-state index in [0.29, 0.717) is 0 Å². The van der Waals surface area contributed by atoms with Crippen LogP contribution in [0.4, 0.5) is 5.00 Å². The number of nitrogens with zero attached hydrogens (tertiary/aromatic N) is 2. The summed E-state index contributed by atoms with van der Waals surface area (Å²) in [6.07, 6.45) is 4.61. The van der Waals surface area contributed by atoms with E-state index in [1.807, 2.05) is 24.5 Å². The fraction of sp³-hybridized carbons (Fsp3) is 0.143. The number of aromatic nitrogens is 2. The molecule has 3 aromatic rings. The molecule has 4 heteroatoms. The second-order valence-corrected chi connectivity index (χ2v) is 5.20. The summed E-state index contributed by atoms with van der Waals surface area (Å²) in [5, 5.41) is 4.09. The topological polar surface area (TPSA) is 51.8 Å². The number of thiazole rings is 1. The first-order valence-electron chi connectivity index (χ1n) is 5.88. The van der Waals surface area contributed by atoms with Crippen molar-refractivity contribution in [2.45, 2.75) is 13.3 Å². The SMILES string of the molecule is CCc1nc(-c2cncc3ccccc23)c(N)s1. The van der Waals surface area contributed by atoms with E-state index in [0.717, 1.165) is 38.5 Å². The largest absolute Gasteiger partial charge is 0.389 e. The summed E-state index contributed by atoms with van der Waals surface area (Å²) < 4.78 is 0. The van der Waals surface area contributed by atoms with Gasteiger partial charge < -0.3 is 5.73 Å². The summed E-state index contributed by atoms with van der Waals surface area (Å²) in [7, 11) is 0. The maximum absolute atomic E-state index is 6.07. The van der Waals surface area contributed by atoms with Crippen LogP contribution in [0.25, 0.3) is 22.0 Å². The second kappa shape index (κ2) is 4.38. The molecule has 0 fully saturated rings. The van der Waals surface area contributed by atoms with Crippen LogP contribution >= 0.6 is 11.3 Å². The van der Waals surface area contributed by atoms with Crippen molar-refractivity contribution in [1.29, 1.82) is 0 Å². The highest BCUT2D eigenvalue weighted by molar-refractivity contribution is 7.16. The number of hydrogen-bond donors (Lipinski definition) is 1. The summed E-state index contributed by atoms with van der Waals surface area (Å²) in [6, 6.07) is 8.16. The molecule has 0 spiro atoms. The van der Waals surface area contributed by atoms with E-state index in [1.165, 1.54) is 0 Å². The van der Waals surface area contributed by atoms with Crippen molar-refractivity contribution in [2.75, 3.05) is 5.73 Å². The first-order valence-corrected chi connectivity index (χ1v) is 6.69. The van der Waals surface area contributed by atoms with Gasteiger partial charge in [-0.2, -0.15) is 0 Å². The molecule has 0 aliphatic heterocycles. The molecule has 3 nitrogen and oxygen atoms in total. The molecule has 90 valence electrons. The van der Waals surface area contributed by atoms with Gasteiger partial charge in [-0.3, -0.25) is 4.98 Å². The molecule has 0 atom stereocenters. The van der Waals surface area contributed by atoms with Gasteiger partial charge in [0.15, 0.2) is 0 Å². The van der Waals surface area contributed by atoms with Gasteiger partial charge in [-0.1, -0.05) is 31.2 Å². The first-order chi connectivity index (χ1) is 8.79. The van der Waals surface area contributed by atoms with Gasteiger partial charge in [-0.15, -0.1) is 11.3 Å². The minimum Gasteiger partial charge on any atom is -0.389 e. The molecule has 2 heterocycles. The van der Waals surface area contributed by atoms with E-state index in [4.69, 9.17) is 5.73 Å². The lowest BCUT2D eigenvalue weighted by Gasteiger charge is -2.03. The Kier molecular flexibility index (Phi) is 2.72. The van der Waals surface area contributed by atoms with Crippen LogP contribution in [0, 0.1) is 0 Å². The molecule has 2 aromatic heterocycles. The van der Waals surface area contributed by atoms with Gasteiger partial charge in [0.2, 0.25) is 0 Å². The molecule has 18 heavy (non-hydrogen) atoms. The van der Waals surface area contributed by atoms with E-state index in [2.05, 4.69) is 29.0 Å². The van der Waals surface area contributed by atoms with Crippen LogP contribution in [0.5, 0.6) is 0 Å². The fourth-order valence-corrected chi connectivity index (χ4v) is 2.81. The molecule has 0 saturated heterocycles. The van der Waals surface area contributed by atoms with Gasteiger partial charge >= 0.3 is 0 Å². The summed E-state index contributed by atoms with van der Waals surface area (Å²) in [6.45, 7) is 2.09. The summed E-state index contributed by atoms with van der Waals surface area (Å²) in [5.41, 5.74) is 7.95. The summed E-state index contributed by atoms with van der Waals surface area (Å²) in [5.74, 6) is 0. The van der Waals surface area contributed by atoms with Crippen molar-refractivity contribution < 1.29 is 0 Å². The van der Waals surface area contributed by atoms with E-state index < -0.39 is 0 Å². The lowest BCUT2D eigenvalue weighted by molar-refractivity contribution is 1.10. The van der Waals surface area contributed by atoms with Crippen molar-refractivity contribution in [3.05, 3.63) is 41.7 Å². The predicted octanol–water partition coefficient (Wildman–Crippen LogP) is 3.50. The van der Waals surface area contributed by atoms with Crippen LogP contribution in [0.1, 0.15) is 11.9 Å². The second-order valence-electron chi connectivity index (χ2n) is 4.08. The van der Waals surface area contributed by atoms with Gasteiger partial charge in [-0.25, -0.2) is 4.98 Å². The van der Waals surface area contributed by atoms with Crippen molar-refractivity contribution in [3.63, 3.8) is 0 Å². The number of pyridine rings is 1. The highest BCUT2D eigenvalue weighted by atomic mass is 32.1. The number of anilines is 1. The normalized spacial score (nSPS) is 10.9. The minimum atomic E-state index is 0.769. The Balaban J connectivity index is 2.27. The molecular formula is C14H13N3S. The van der Waals surface area contributed by atoms with Crippen LogP contribution < -0.4 is 5.73 Å². The predicted molar refractivity (Wildman–Crippen MR) is 76.6 cm³/mol. The van der Waals surface area contributed by atoms with Crippen LogP contribution in [-0.2, 0) is 6.42 Å². The van der Waals surface area contributed by atoms with Crippen LogP contribution in [0.2, 0.25) is 0 Å². The van der Waals surface area contributed by atoms with E-state index >= 15 is 0 Å². The maximum Gasteiger partial charge on any atom is 0.114 e.